The summed E-state index contributed by atoms with van der Waals surface area (Å²) in [6.07, 6.45) is 1.23. The molecule has 3 heteroatoms. The van der Waals surface area contributed by atoms with E-state index in [0.717, 1.165) is 35.4 Å². The molecule has 0 spiro atoms. The molecule has 1 saturated heterocycles. The predicted octanol–water partition coefficient (Wildman–Crippen LogP) is 3.40. The second kappa shape index (κ2) is 4.54. The fraction of sp³-hybridized carbons (Fsp3) is 0.538. The lowest BCUT2D eigenvalue weighted by molar-refractivity contribution is 0.324. The van der Waals surface area contributed by atoms with Crippen LogP contribution in [0.2, 0.25) is 5.02 Å². The van der Waals surface area contributed by atoms with E-state index in [2.05, 4.69) is 18.7 Å². The second-order valence-corrected chi connectivity index (χ2v) is 5.33. The first kappa shape index (κ1) is 11.6. The van der Waals surface area contributed by atoms with Crippen LogP contribution in [0.1, 0.15) is 20.3 Å². The Bertz CT molecular complexity index is 378. The average Bonchev–Trinajstić information content (AvgIpc) is 2.26. The third-order valence-electron chi connectivity index (χ3n) is 3.67. The largest absolute Gasteiger partial charge is 0.397 e. The summed E-state index contributed by atoms with van der Waals surface area (Å²) in [5, 5.41) is 0.760. The van der Waals surface area contributed by atoms with Gasteiger partial charge in [0.1, 0.15) is 0 Å². The van der Waals surface area contributed by atoms with E-state index in [1.165, 1.54) is 6.42 Å². The van der Waals surface area contributed by atoms with Gasteiger partial charge in [0.2, 0.25) is 0 Å². The maximum Gasteiger partial charge on any atom is 0.0614 e. The molecule has 2 unspecified atom stereocenters. The molecule has 2 N–H and O–H groups in total. The Kier molecular flexibility index (Phi) is 3.29. The van der Waals surface area contributed by atoms with Crippen molar-refractivity contribution in [2.75, 3.05) is 23.7 Å². The molecule has 1 aromatic rings. The molecule has 1 aromatic carbocycles. The van der Waals surface area contributed by atoms with Gasteiger partial charge in [0, 0.05) is 18.1 Å². The minimum atomic E-state index is 0.715. The number of nitrogen functional groups attached to an aromatic ring is 1. The van der Waals surface area contributed by atoms with Gasteiger partial charge in [-0.05, 0) is 36.5 Å². The minimum absolute atomic E-state index is 0.715. The van der Waals surface area contributed by atoms with Gasteiger partial charge in [-0.2, -0.15) is 0 Å². The lowest BCUT2D eigenvalue weighted by Crippen LogP contribution is -2.38. The van der Waals surface area contributed by atoms with Gasteiger partial charge in [-0.25, -0.2) is 0 Å². The van der Waals surface area contributed by atoms with Crippen molar-refractivity contribution in [3.8, 4) is 0 Å². The summed E-state index contributed by atoms with van der Waals surface area (Å²) in [5.74, 6) is 1.52. The SMILES string of the molecule is CC1CCN(c2cc(Cl)ccc2N)CC1C. The van der Waals surface area contributed by atoms with Crippen molar-refractivity contribution >= 4 is 23.0 Å². The molecule has 1 fully saturated rings. The molecule has 1 aliphatic rings. The second-order valence-electron chi connectivity index (χ2n) is 4.89. The number of hydrogen-bond acceptors (Lipinski definition) is 2. The van der Waals surface area contributed by atoms with Crippen molar-refractivity contribution in [1.82, 2.24) is 0 Å². The van der Waals surface area contributed by atoms with Crippen LogP contribution in [0.3, 0.4) is 0 Å². The molecule has 2 atom stereocenters. The number of halogens is 1. The normalized spacial score (nSPS) is 25.8. The number of anilines is 2. The first-order chi connectivity index (χ1) is 7.58. The Balaban J connectivity index is 2.21. The zero-order valence-electron chi connectivity index (χ0n) is 9.91. The van der Waals surface area contributed by atoms with Crippen molar-refractivity contribution in [2.24, 2.45) is 11.8 Å². The number of piperidine rings is 1. The van der Waals surface area contributed by atoms with E-state index in [-0.39, 0.29) is 0 Å². The molecule has 0 saturated carbocycles. The summed E-state index contributed by atoms with van der Waals surface area (Å²) in [5.41, 5.74) is 7.91. The fourth-order valence-corrected chi connectivity index (χ4v) is 2.44. The number of rotatable bonds is 1. The van der Waals surface area contributed by atoms with Gasteiger partial charge in [0.25, 0.3) is 0 Å². The molecule has 0 aromatic heterocycles. The van der Waals surface area contributed by atoms with Gasteiger partial charge in [-0.15, -0.1) is 0 Å². The molecular formula is C13H19ClN2. The van der Waals surface area contributed by atoms with E-state index in [1.807, 2.05) is 18.2 Å². The highest BCUT2D eigenvalue weighted by atomic mass is 35.5. The van der Waals surface area contributed by atoms with E-state index >= 15 is 0 Å². The Labute approximate surface area is 102 Å². The third kappa shape index (κ3) is 2.27. The quantitative estimate of drug-likeness (QED) is 0.760. The fourth-order valence-electron chi connectivity index (χ4n) is 2.27. The first-order valence-corrected chi connectivity index (χ1v) is 6.25. The highest BCUT2D eigenvalue weighted by Crippen LogP contribution is 2.32. The monoisotopic (exact) mass is 238 g/mol. The van der Waals surface area contributed by atoms with Crippen LogP contribution in [0, 0.1) is 11.8 Å². The summed E-state index contributed by atoms with van der Waals surface area (Å²) in [6, 6.07) is 5.70. The zero-order chi connectivity index (χ0) is 11.7. The molecule has 0 radical (unpaired) electrons. The molecule has 1 heterocycles. The highest BCUT2D eigenvalue weighted by Gasteiger charge is 2.23. The summed E-state index contributed by atoms with van der Waals surface area (Å²) < 4.78 is 0. The average molecular weight is 239 g/mol. The van der Waals surface area contributed by atoms with Gasteiger partial charge in [-0.1, -0.05) is 25.4 Å². The van der Waals surface area contributed by atoms with E-state index in [9.17, 15) is 0 Å². The van der Waals surface area contributed by atoms with Crippen LogP contribution in [-0.4, -0.2) is 13.1 Å². The van der Waals surface area contributed by atoms with Gasteiger partial charge < -0.3 is 10.6 Å². The van der Waals surface area contributed by atoms with Crippen LogP contribution in [0.25, 0.3) is 0 Å². The van der Waals surface area contributed by atoms with Crippen LogP contribution >= 0.6 is 11.6 Å². The van der Waals surface area contributed by atoms with Crippen molar-refractivity contribution in [1.29, 1.82) is 0 Å². The van der Waals surface area contributed by atoms with E-state index < -0.39 is 0 Å². The molecular weight excluding hydrogens is 220 g/mol. The van der Waals surface area contributed by atoms with Crippen LogP contribution in [0.4, 0.5) is 11.4 Å². The highest BCUT2D eigenvalue weighted by molar-refractivity contribution is 6.31. The molecule has 0 bridgehead atoms. The van der Waals surface area contributed by atoms with Gasteiger partial charge in [-0.3, -0.25) is 0 Å². The lowest BCUT2D eigenvalue weighted by atomic mass is 9.88. The lowest BCUT2D eigenvalue weighted by Gasteiger charge is -2.37. The molecule has 0 aliphatic carbocycles. The van der Waals surface area contributed by atoms with Crippen LogP contribution in [-0.2, 0) is 0 Å². The van der Waals surface area contributed by atoms with E-state index in [1.54, 1.807) is 0 Å². The Morgan fingerprint density at radius 2 is 2.06 bits per heavy atom. The molecule has 1 aliphatic heterocycles. The molecule has 0 amide bonds. The molecule has 16 heavy (non-hydrogen) atoms. The molecule has 2 rings (SSSR count). The number of nitrogens with two attached hydrogens (primary N) is 1. The van der Waals surface area contributed by atoms with Gasteiger partial charge in [0.05, 0.1) is 11.4 Å². The van der Waals surface area contributed by atoms with Crippen molar-refractivity contribution in [3.05, 3.63) is 23.2 Å². The smallest absolute Gasteiger partial charge is 0.0614 e. The number of benzene rings is 1. The summed E-state index contributed by atoms with van der Waals surface area (Å²) in [7, 11) is 0. The minimum Gasteiger partial charge on any atom is -0.397 e. The van der Waals surface area contributed by atoms with Crippen LogP contribution < -0.4 is 10.6 Å². The predicted molar refractivity (Wildman–Crippen MR) is 71.0 cm³/mol. The zero-order valence-corrected chi connectivity index (χ0v) is 10.7. The Morgan fingerprint density at radius 1 is 1.31 bits per heavy atom. The van der Waals surface area contributed by atoms with Gasteiger partial charge >= 0.3 is 0 Å². The van der Waals surface area contributed by atoms with Gasteiger partial charge in [0.15, 0.2) is 0 Å². The van der Waals surface area contributed by atoms with Crippen molar-refractivity contribution < 1.29 is 0 Å². The summed E-state index contributed by atoms with van der Waals surface area (Å²) in [6.45, 7) is 6.78. The Morgan fingerprint density at radius 3 is 2.75 bits per heavy atom. The standard InChI is InChI=1S/C13H19ClN2/c1-9-5-6-16(8-10(9)2)13-7-11(14)3-4-12(13)15/h3-4,7,9-10H,5-6,8,15H2,1-2H3. The molecule has 2 nitrogen and oxygen atoms in total. The summed E-state index contributed by atoms with van der Waals surface area (Å²) >= 11 is 6.02. The van der Waals surface area contributed by atoms with E-state index in [0.29, 0.717) is 5.92 Å². The first-order valence-electron chi connectivity index (χ1n) is 5.88. The van der Waals surface area contributed by atoms with E-state index in [4.69, 9.17) is 17.3 Å². The topological polar surface area (TPSA) is 29.3 Å². The van der Waals surface area contributed by atoms with Crippen molar-refractivity contribution in [2.45, 2.75) is 20.3 Å². The van der Waals surface area contributed by atoms with Crippen LogP contribution in [0.5, 0.6) is 0 Å². The summed E-state index contributed by atoms with van der Waals surface area (Å²) in [4.78, 5) is 2.35. The Hall–Kier alpha value is -0.890. The van der Waals surface area contributed by atoms with Crippen LogP contribution in [0.15, 0.2) is 18.2 Å². The molecule has 88 valence electrons. The third-order valence-corrected chi connectivity index (χ3v) is 3.90. The van der Waals surface area contributed by atoms with Crippen molar-refractivity contribution in [3.63, 3.8) is 0 Å². The maximum atomic E-state index is 6.02. The maximum absolute atomic E-state index is 6.02. The number of nitrogens with zero attached hydrogens (tertiary/aromatic N) is 1. The number of hydrogen-bond donors (Lipinski definition) is 1.